The van der Waals surface area contributed by atoms with Gasteiger partial charge in [-0.1, -0.05) is 46.5 Å². The lowest BCUT2D eigenvalue weighted by molar-refractivity contribution is -0.139. The first-order chi connectivity index (χ1) is 9.95. The second kappa shape index (κ2) is 8.90. The largest absolute Gasteiger partial charge is 0.480 e. The van der Waals surface area contributed by atoms with Crippen LogP contribution in [0.15, 0.2) is 0 Å². The zero-order chi connectivity index (χ0) is 15.8. The summed E-state index contributed by atoms with van der Waals surface area (Å²) in [5, 5.41) is 14.8. The van der Waals surface area contributed by atoms with Crippen LogP contribution < -0.4 is 10.6 Å². The Morgan fingerprint density at radius 3 is 2.48 bits per heavy atom. The molecule has 0 aromatic rings. The molecule has 1 aliphatic carbocycles. The van der Waals surface area contributed by atoms with Crippen molar-refractivity contribution in [3.63, 3.8) is 0 Å². The Labute approximate surface area is 127 Å². The van der Waals surface area contributed by atoms with Gasteiger partial charge in [0.25, 0.3) is 0 Å². The fourth-order valence-electron chi connectivity index (χ4n) is 3.17. The van der Waals surface area contributed by atoms with Crippen molar-refractivity contribution in [2.24, 2.45) is 11.8 Å². The van der Waals surface area contributed by atoms with Crippen LogP contribution in [-0.4, -0.2) is 29.2 Å². The van der Waals surface area contributed by atoms with Crippen LogP contribution >= 0.6 is 0 Å². The highest BCUT2D eigenvalue weighted by Gasteiger charge is 2.29. The molecule has 5 nitrogen and oxygen atoms in total. The zero-order valence-corrected chi connectivity index (χ0v) is 13.5. The number of aliphatic carboxylic acids is 1. The van der Waals surface area contributed by atoms with Gasteiger partial charge in [-0.15, -0.1) is 0 Å². The number of amides is 2. The van der Waals surface area contributed by atoms with Crippen molar-refractivity contribution in [3.8, 4) is 0 Å². The summed E-state index contributed by atoms with van der Waals surface area (Å²) in [6, 6.07) is -0.957. The average Bonchev–Trinajstić information content (AvgIpc) is 2.43. The van der Waals surface area contributed by atoms with Crippen LogP contribution in [0, 0.1) is 11.8 Å². The molecule has 2 amide bonds. The third kappa shape index (κ3) is 5.94. The molecule has 0 aromatic carbocycles. The maximum atomic E-state index is 12.1. The lowest BCUT2D eigenvalue weighted by atomic mass is 9.78. The van der Waals surface area contributed by atoms with Gasteiger partial charge < -0.3 is 15.7 Å². The number of carbonyl (C=O) groups excluding carboxylic acids is 1. The van der Waals surface area contributed by atoms with Gasteiger partial charge in [0.1, 0.15) is 6.04 Å². The van der Waals surface area contributed by atoms with Gasteiger partial charge in [0, 0.05) is 6.04 Å². The van der Waals surface area contributed by atoms with Crippen molar-refractivity contribution in [3.05, 3.63) is 0 Å². The molecule has 0 aliphatic heterocycles. The molecule has 1 rings (SSSR count). The van der Waals surface area contributed by atoms with E-state index in [0.29, 0.717) is 18.3 Å². The van der Waals surface area contributed by atoms with E-state index in [4.69, 9.17) is 5.11 Å². The van der Waals surface area contributed by atoms with Gasteiger partial charge in [-0.05, 0) is 31.1 Å². The first-order valence-electron chi connectivity index (χ1n) is 8.25. The topological polar surface area (TPSA) is 78.4 Å². The van der Waals surface area contributed by atoms with Gasteiger partial charge in [-0.25, -0.2) is 9.59 Å². The van der Waals surface area contributed by atoms with Crippen molar-refractivity contribution in [2.45, 2.75) is 77.8 Å². The molecular weight excluding hydrogens is 268 g/mol. The minimum atomic E-state index is -0.956. The van der Waals surface area contributed by atoms with Gasteiger partial charge in [-0.3, -0.25) is 0 Å². The Bertz CT molecular complexity index is 344. The molecule has 3 unspecified atom stereocenters. The number of hydrogen-bond acceptors (Lipinski definition) is 2. The second-order valence-corrected chi connectivity index (χ2v) is 6.45. The van der Waals surface area contributed by atoms with Gasteiger partial charge in [0.15, 0.2) is 0 Å². The van der Waals surface area contributed by atoms with Crippen LogP contribution in [-0.2, 0) is 4.79 Å². The summed E-state index contributed by atoms with van der Waals surface area (Å²) in [5.74, 6) is 0.0667. The Kier molecular flexibility index (Phi) is 7.54. The number of carboxylic acid groups (broad SMARTS) is 1. The first-order valence-corrected chi connectivity index (χ1v) is 8.25. The maximum absolute atomic E-state index is 12.1. The molecule has 0 aromatic heterocycles. The molecule has 122 valence electrons. The highest BCUT2D eigenvalue weighted by molar-refractivity contribution is 5.82. The molecule has 3 atom stereocenters. The van der Waals surface area contributed by atoms with E-state index in [0.717, 1.165) is 32.1 Å². The number of unbranched alkanes of at least 4 members (excludes halogenated alkanes) is 1. The van der Waals surface area contributed by atoms with Gasteiger partial charge in [-0.2, -0.15) is 0 Å². The van der Waals surface area contributed by atoms with Crippen LogP contribution in [0.1, 0.15) is 65.7 Å². The summed E-state index contributed by atoms with van der Waals surface area (Å²) >= 11 is 0. The van der Waals surface area contributed by atoms with Crippen molar-refractivity contribution in [1.29, 1.82) is 0 Å². The predicted octanol–water partition coefficient (Wildman–Crippen LogP) is 3.14. The average molecular weight is 298 g/mol. The molecule has 0 saturated heterocycles. The Balaban J connectivity index is 2.51. The van der Waals surface area contributed by atoms with E-state index in [-0.39, 0.29) is 12.1 Å². The Morgan fingerprint density at radius 1 is 1.24 bits per heavy atom. The zero-order valence-electron chi connectivity index (χ0n) is 13.5. The van der Waals surface area contributed by atoms with Crippen LogP contribution in [0.4, 0.5) is 4.79 Å². The van der Waals surface area contributed by atoms with Crippen LogP contribution in [0.2, 0.25) is 0 Å². The van der Waals surface area contributed by atoms with E-state index in [1.165, 1.54) is 6.42 Å². The van der Waals surface area contributed by atoms with Crippen molar-refractivity contribution < 1.29 is 14.7 Å². The lowest BCUT2D eigenvalue weighted by Gasteiger charge is -2.35. The number of rotatable bonds is 7. The third-order valence-electron chi connectivity index (χ3n) is 4.44. The summed E-state index contributed by atoms with van der Waals surface area (Å²) in [4.78, 5) is 23.2. The first kappa shape index (κ1) is 17.8. The monoisotopic (exact) mass is 298 g/mol. The van der Waals surface area contributed by atoms with Gasteiger partial charge in [0.05, 0.1) is 0 Å². The van der Waals surface area contributed by atoms with Gasteiger partial charge in [0.2, 0.25) is 0 Å². The second-order valence-electron chi connectivity index (χ2n) is 6.45. The summed E-state index contributed by atoms with van der Waals surface area (Å²) in [5.41, 5.74) is 0. The Hall–Kier alpha value is -1.26. The normalized spacial score (nSPS) is 23.6. The minimum Gasteiger partial charge on any atom is -0.480 e. The van der Waals surface area contributed by atoms with Crippen LogP contribution in [0.3, 0.4) is 0 Å². The lowest BCUT2D eigenvalue weighted by Crippen LogP contribution is -2.52. The number of nitrogens with one attached hydrogen (secondary N) is 2. The number of carboxylic acids is 1. The molecular formula is C16H30N2O3. The van der Waals surface area contributed by atoms with E-state index in [2.05, 4.69) is 24.5 Å². The molecule has 0 bridgehead atoms. The van der Waals surface area contributed by atoms with E-state index < -0.39 is 12.0 Å². The van der Waals surface area contributed by atoms with Gasteiger partial charge >= 0.3 is 12.0 Å². The quantitative estimate of drug-likeness (QED) is 0.675. The summed E-state index contributed by atoms with van der Waals surface area (Å²) in [7, 11) is 0. The highest BCUT2D eigenvalue weighted by Crippen LogP contribution is 2.30. The van der Waals surface area contributed by atoms with Crippen LogP contribution in [0.25, 0.3) is 0 Å². The molecule has 1 fully saturated rings. The smallest absolute Gasteiger partial charge is 0.326 e. The van der Waals surface area contributed by atoms with E-state index >= 15 is 0 Å². The van der Waals surface area contributed by atoms with E-state index in [1.807, 2.05) is 6.92 Å². The third-order valence-corrected chi connectivity index (χ3v) is 4.44. The van der Waals surface area contributed by atoms with E-state index in [1.54, 1.807) is 0 Å². The molecule has 0 spiro atoms. The molecule has 0 heterocycles. The minimum absolute atomic E-state index is 0.166. The summed E-state index contributed by atoms with van der Waals surface area (Å²) < 4.78 is 0. The predicted molar refractivity (Wildman–Crippen MR) is 83.2 cm³/mol. The maximum Gasteiger partial charge on any atom is 0.326 e. The van der Waals surface area contributed by atoms with Crippen molar-refractivity contribution >= 4 is 12.0 Å². The summed E-state index contributed by atoms with van der Waals surface area (Å²) in [6.45, 7) is 6.38. The highest BCUT2D eigenvalue weighted by atomic mass is 16.4. The fraction of sp³-hybridized carbons (Fsp3) is 0.875. The molecule has 0 radical (unpaired) electrons. The van der Waals surface area contributed by atoms with E-state index in [9.17, 15) is 9.59 Å². The van der Waals surface area contributed by atoms with Crippen molar-refractivity contribution in [1.82, 2.24) is 10.6 Å². The fourth-order valence-corrected chi connectivity index (χ4v) is 3.17. The standard InChI is InChI=1S/C16H30N2O3/c1-4-5-9-14(15(19)20)18-16(21)17-13-10-7-6-8-12(13)11(2)3/h11-14H,4-10H2,1-3H3,(H,19,20)(H2,17,18,21). The molecule has 5 heteroatoms. The SMILES string of the molecule is CCCCC(NC(=O)NC1CCCCC1C(C)C)C(=O)O. The molecule has 1 aliphatic rings. The molecule has 3 N–H and O–H groups in total. The number of carbonyl (C=O) groups is 2. The number of urea groups is 1. The molecule has 21 heavy (non-hydrogen) atoms. The van der Waals surface area contributed by atoms with Crippen molar-refractivity contribution in [2.75, 3.05) is 0 Å². The van der Waals surface area contributed by atoms with Crippen LogP contribution in [0.5, 0.6) is 0 Å². The summed E-state index contributed by atoms with van der Waals surface area (Å²) in [6.07, 6.45) is 6.69. The molecule has 1 saturated carbocycles. The Morgan fingerprint density at radius 2 is 1.90 bits per heavy atom. The number of hydrogen-bond donors (Lipinski definition) is 3.